The second-order valence-electron chi connectivity index (χ2n) is 7.62. The zero-order chi connectivity index (χ0) is 18.6. The van der Waals surface area contributed by atoms with E-state index in [4.69, 9.17) is 13.9 Å². The Morgan fingerprint density at radius 3 is 1.93 bits per heavy atom. The molecule has 0 spiro atoms. The molecule has 0 saturated heterocycles. The summed E-state index contributed by atoms with van der Waals surface area (Å²) < 4.78 is 17.7. The minimum Gasteiger partial charge on any atom is -0.672 e. The first-order valence-corrected chi connectivity index (χ1v) is 10.9. The maximum Gasteiger partial charge on any atom is 1.00 e. The molecule has 1 aliphatic heterocycles. The van der Waals surface area contributed by atoms with Crippen LogP contribution in [0.4, 0.5) is 0 Å². The fourth-order valence-corrected chi connectivity index (χ4v) is 8.27. The van der Waals surface area contributed by atoms with Crippen LogP contribution in [-0.2, 0) is 13.9 Å². The molecule has 0 fully saturated rings. The molecule has 1 aliphatic rings. The zero-order valence-electron chi connectivity index (χ0n) is 16.9. The molecule has 3 nitrogen and oxygen atoms in total. The van der Waals surface area contributed by atoms with Crippen molar-refractivity contribution < 1.29 is 32.8 Å². The van der Waals surface area contributed by atoms with E-state index in [1.807, 2.05) is 6.08 Å². The van der Waals surface area contributed by atoms with Crippen LogP contribution in [0.2, 0.25) is 5.04 Å². The van der Waals surface area contributed by atoms with Gasteiger partial charge in [0.2, 0.25) is 0 Å². The van der Waals surface area contributed by atoms with E-state index in [0.29, 0.717) is 6.42 Å². The molecule has 138 valence electrons. The van der Waals surface area contributed by atoms with Crippen molar-refractivity contribution in [3.63, 3.8) is 0 Å². The van der Waals surface area contributed by atoms with Gasteiger partial charge < -0.3 is 13.9 Å². The van der Waals surface area contributed by atoms with Gasteiger partial charge in [-0.1, -0.05) is 81.4 Å². The summed E-state index contributed by atoms with van der Waals surface area (Å²) in [6.45, 7) is 6.83. The summed E-state index contributed by atoms with van der Waals surface area (Å²) in [5.41, 5.74) is 0. The van der Waals surface area contributed by atoms with Gasteiger partial charge in [-0.05, 0) is 15.4 Å². The molecule has 3 rings (SSSR count). The van der Waals surface area contributed by atoms with Crippen LogP contribution in [0.25, 0.3) is 0 Å². The Kier molecular flexibility index (Phi) is 7.56. The zero-order valence-corrected chi connectivity index (χ0v) is 17.9. The molecule has 0 bridgehead atoms. The van der Waals surface area contributed by atoms with Crippen molar-refractivity contribution in [2.75, 3.05) is 7.11 Å². The molecule has 2 aromatic rings. The van der Waals surface area contributed by atoms with Crippen molar-refractivity contribution in [3.8, 4) is 0 Å². The molecule has 0 amide bonds. The van der Waals surface area contributed by atoms with Crippen LogP contribution >= 0.6 is 0 Å². The van der Waals surface area contributed by atoms with E-state index in [2.05, 4.69) is 87.7 Å². The van der Waals surface area contributed by atoms with Crippen molar-refractivity contribution in [3.05, 3.63) is 73.0 Å². The fourth-order valence-electron chi connectivity index (χ4n) is 3.64. The Bertz CT molecular complexity index is 689. The maximum atomic E-state index is 7.01. The summed E-state index contributed by atoms with van der Waals surface area (Å²) in [5.74, 6) is 0. The van der Waals surface area contributed by atoms with Gasteiger partial charge in [-0.15, -0.1) is 0 Å². The van der Waals surface area contributed by atoms with Crippen LogP contribution in [0.15, 0.2) is 66.7 Å². The van der Waals surface area contributed by atoms with Crippen LogP contribution in [0, 0.1) is 6.26 Å². The van der Waals surface area contributed by atoms with E-state index in [-0.39, 0.29) is 36.3 Å². The monoisotopic (exact) mass is 374 g/mol. The molecule has 0 N–H and O–H groups in total. The first kappa shape index (κ1) is 22.0. The molecular formula is C22H27LiO3Si. The van der Waals surface area contributed by atoms with Crippen molar-refractivity contribution in [1.82, 2.24) is 0 Å². The Balaban J connectivity index is 0.00000261. The predicted octanol–water partition coefficient (Wildman–Crippen LogP) is 0.645. The number of ether oxygens (including phenoxy) is 2. The molecule has 27 heavy (non-hydrogen) atoms. The third-order valence-electron chi connectivity index (χ3n) is 4.89. The van der Waals surface area contributed by atoms with Gasteiger partial charge in [0.25, 0.3) is 8.32 Å². The standard InChI is InChI=1S/C22H27O3Si.Li/c1-22(2,3)26(19-11-7-5-8-12-19,20-13-9-6-10-14-20)25-18-15-16-24-21(17-18)23-4;/h5-15,18,21H,17H2,1-4H3;/q-1;+1/t18-,21-;/m1./s1. The largest absolute Gasteiger partial charge is 1.00 e. The molecule has 0 radical (unpaired) electrons. The number of benzene rings is 2. The number of rotatable bonds is 5. The topological polar surface area (TPSA) is 27.7 Å². The van der Waals surface area contributed by atoms with Gasteiger partial charge in [0, 0.05) is 19.6 Å². The molecule has 0 unspecified atom stereocenters. The molecule has 0 aliphatic carbocycles. The Labute approximate surface area is 176 Å². The predicted molar refractivity (Wildman–Crippen MR) is 107 cm³/mol. The van der Waals surface area contributed by atoms with Gasteiger partial charge in [0.1, 0.15) is 0 Å². The Morgan fingerprint density at radius 1 is 0.963 bits per heavy atom. The first-order chi connectivity index (χ1) is 12.5. The summed E-state index contributed by atoms with van der Waals surface area (Å²) in [6.07, 6.45) is 4.99. The maximum absolute atomic E-state index is 7.01. The van der Waals surface area contributed by atoms with Crippen molar-refractivity contribution in [2.24, 2.45) is 0 Å². The minimum atomic E-state index is -2.56. The average molecular weight is 374 g/mol. The van der Waals surface area contributed by atoms with Gasteiger partial charge >= 0.3 is 18.9 Å². The molecule has 2 aromatic carbocycles. The van der Waals surface area contributed by atoms with Crippen LogP contribution in [0.1, 0.15) is 27.2 Å². The van der Waals surface area contributed by atoms with Crippen LogP contribution in [-0.4, -0.2) is 27.8 Å². The fraction of sp³-hybridized carbons (Fsp3) is 0.364. The number of hydrogen-bond acceptors (Lipinski definition) is 3. The molecule has 1 heterocycles. The third-order valence-corrected chi connectivity index (χ3v) is 9.95. The Morgan fingerprint density at radius 2 is 1.48 bits per heavy atom. The minimum absolute atomic E-state index is 0. The van der Waals surface area contributed by atoms with E-state index >= 15 is 0 Å². The molecule has 0 aromatic heterocycles. The third kappa shape index (κ3) is 4.59. The summed E-state index contributed by atoms with van der Waals surface area (Å²) in [7, 11) is -0.911. The van der Waals surface area contributed by atoms with E-state index in [1.54, 1.807) is 7.11 Å². The van der Waals surface area contributed by atoms with E-state index in [1.165, 1.54) is 10.4 Å². The van der Waals surface area contributed by atoms with Crippen LogP contribution in [0.3, 0.4) is 0 Å². The van der Waals surface area contributed by atoms with Gasteiger partial charge in [-0.3, -0.25) is 6.26 Å². The quantitative estimate of drug-likeness (QED) is 0.568. The Hall–Kier alpha value is -1.29. The van der Waals surface area contributed by atoms with E-state index in [9.17, 15) is 0 Å². The molecular weight excluding hydrogens is 347 g/mol. The summed E-state index contributed by atoms with van der Waals surface area (Å²) in [5, 5.41) is 2.49. The number of hydrogen-bond donors (Lipinski definition) is 0. The van der Waals surface area contributed by atoms with Crippen molar-refractivity contribution >= 4 is 18.7 Å². The summed E-state index contributed by atoms with van der Waals surface area (Å²) in [6, 6.07) is 21.3. The molecule has 5 heteroatoms. The van der Waals surface area contributed by atoms with Gasteiger partial charge in [0.15, 0.2) is 6.29 Å². The molecule has 2 atom stereocenters. The second kappa shape index (κ2) is 9.27. The van der Waals surface area contributed by atoms with Crippen molar-refractivity contribution in [2.45, 2.75) is 44.6 Å². The van der Waals surface area contributed by atoms with Gasteiger partial charge in [-0.25, -0.2) is 6.08 Å². The molecule has 0 saturated carbocycles. The van der Waals surface area contributed by atoms with Crippen molar-refractivity contribution in [1.29, 1.82) is 0 Å². The van der Waals surface area contributed by atoms with Crippen LogP contribution in [0.5, 0.6) is 0 Å². The summed E-state index contributed by atoms with van der Waals surface area (Å²) >= 11 is 0. The normalized spacial score (nSPS) is 19.9. The van der Waals surface area contributed by atoms with E-state index in [0.717, 1.165) is 0 Å². The van der Waals surface area contributed by atoms with Gasteiger partial charge in [0.05, 0.1) is 0 Å². The van der Waals surface area contributed by atoms with Gasteiger partial charge in [-0.2, -0.15) is 0 Å². The average Bonchev–Trinajstić information content (AvgIpc) is 2.66. The summed E-state index contributed by atoms with van der Waals surface area (Å²) in [4.78, 5) is 0. The van der Waals surface area contributed by atoms with E-state index < -0.39 is 8.32 Å². The first-order valence-electron chi connectivity index (χ1n) is 9.03. The number of methoxy groups -OCH3 is 1. The second-order valence-corrected chi connectivity index (χ2v) is 11.9. The smallest absolute Gasteiger partial charge is 0.672 e. The SMILES string of the molecule is CO[C@H]1C[C@H](O[Si](c2ccccc2)(c2ccccc2)C(C)(C)C)C=[C-]O1.[Li+]. The van der Waals surface area contributed by atoms with Crippen LogP contribution < -0.4 is 29.2 Å².